The Kier molecular flexibility index (Phi) is 4.62. The van der Waals surface area contributed by atoms with E-state index in [1.807, 2.05) is 0 Å². The second kappa shape index (κ2) is 5.81. The second-order valence-corrected chi connectivity index (χ2v) is 5.53. The number of primary sulfonamides is 1. The summed E-state index contributed by atoms with van der Waals surface area (Å²) in [5.41, 5.74) is 0.512. The van der Waals surface area contributed by atoms with Crippen LogP contribution >= 0.6 is 0 Å². The van der Waals surface area contributed by atoms with Crippen LogP contribution in [0.15, 0.2) is 29.2 Å². The minimum absolute atomic E-state index is 0.0276. The number of nitrogens with two attached hydrogens (primary N) is 1. The number of aliphatic carboxylic acids is 1. The van der Waals surface area contributed by atoms with Crippen molar-refractivity contribution in [2.45, 2.75) is 18.4 Å². The molecule has 0 heterocycles. The van der Waals surface area contributed by atoms with Gasteiger partial charge in [-0.1, -0.05) is 12.1 Å². The van der Waals surface area contributed by atoms with E-state index in [1.165, 1.54) is 25.1 Å². The van der Waals surface area contributed by atoms with Gasteiger partial charge < -0.3 is 10.4 Å². The Hall–Kier alpha value is -1.93. The van der Waals surface area contributed by atoms with Crippen LogP contribution in [0.5, 0.6) is 0 Å². The Bertz CT molecular complexity index is 597. The van der Waals surface area contributed by atoms with Gasteiger partial charge in [0.15, 0.2) is 0 Å². The smallest absolute Gasteiger partial charge is 0.315 e. The lowest BCUT2D eigenvalue weighted by molar-refractivity contribution is -0.146. The van der Waals surface area contributed by atoms with Crippen LogP contribution < -0.4 is 10.5 Å². The van der Waals surface area contributed by atoms with Crippen LogP contribution in [0.1, 0.15) is 12.5 Å². The highest BCUT2D eigenvalue weighted by Crippen LogP contribution is 2.09. The number of amides is 1. The molecule has 0 spiro atoms. The topological polar surface area (TPSA) is 127 Å². The molecule has 8 heteroatoms. The van der Waals surface area contributed by atoms with Crippen LogP contribution in [0.25, 0.3) is 0 Å². The number of nitrogens with one attached hydrogen (secondary N) is 1. The van der Waals surface area contributed by atoms with E-state index < -0.39 is 27.8 Å². The maximum absolute atomic E-state index is 11.4. The van der Waals surface area contributed by atoms with Gasteiger partial charge in [-0.05, 0) is 24.6 Å². The number of sulfonamides is 1. The van der Waals surface area contributed by atoms with Gasteiger partial charge in [0.1, 0.15) is 5.92 Å². The van der Waals surface area contributed by atoms with Gasteiger partial charge in [0.05, 0.1) is 4.90 Å². The van der Waals surface area contributed by atoms with Crippen molar-refractivity contribution in [3.05, 3.63) is 29.8 Å². The van der Waals surface area contributed by atoms with E-state index in [-0.39, 0.29) is 11.4 Å². The number of carbonyl (C=O) groups is 2. The van der Waals surface area contributed by atoms with Gasteiger partial charge in [-0.25, -0.2) is 13.6 Å². The van der Waals surface area contributed by atoms with Crippen LogP contribution in [0.3, 0.4) is 0 Å². The Morgan fingerprint density at radius 3 is 2.58 bits per heavy atom. The molecule has 0 aliphatic heterocycles. The fourth-order valence-corrected chi connectivity index (χ4v) is 1.87. The number of carboxylic acids is 1. The van der Waals surface area contributed by atoms with E-state index in [1.54, 1.807) is 6.07 Å². The number of carboxylic acid groups (broad SMARTS) is 1. The van der Waals surface area contributed by atoms with E-state index in [9.17, 15) is 18.0 Å². The Morgan fingerprint density at radius 2 is 2.05 bits per heavy atom. The molecule has 0 aliphatic rings. The van der Waals surface area contributed by atoms with E-state index in [2.05, 4.69) is 5.32 Å². The molecule has 4 N–H and O–H groups in total. The Labute approximate surface area is 110 Å². The molecular formula is C11H14N2O5S. The lowest BCUT2D eigenvalue weighted by Gasteiger charge is -2.09. The van der Waals surface area contributed by atoms with Crippen LogP contribution in [-0.2, 0) is 26.2 Å². The summed E-state index contributed by atoms with van der Waals surface area (Å²) in [6.45, 7) is 1.29. The molecule has 0 fully saturated rings. The molecule has 1 aromatic carbocycles. The minimum Gasteiger partial charge on any atom is -0.481 e. The largest absolute Gasteiger partial charge is 0.481 e. The van der Waals surface area contributed by atoms with Crippen LogP contribution in [0.2, 0.25) is 0 Å². The molecule has 0 saturated carbocycles. The van der Waals surface area contributed by atoms with Gasteiger partial charge >= 0.3 is 5.97 Å². The number of hydrogen-bond acceptors (Lipinski definition) is 4. The maximum atomic E-state index is 11.4. The summed E-state index contributed by atoms with van der Waals surface area (Å²) in [5.74, 6) is -3.04. The van der Waals surface area contributed by atoms with Crippen molar-refractivity contribution >= 4 is 21.9 Å². The first-order valence-electron chi connectivity index (χ1n) is 5.34. The minimum atomic E-state index is -3.80. The van der Waals surface area contributed by atoms with Gasteiger partial charge in [0.25, 0.3) is 0 Å². The highest BCUT2D eigenvalue weighted by Gasteiger charge is 2.19. The third-order valence-corrected chi connectivity index (χ3v) is 3.37. The molecule has 1 rings (SSSR count). The van der Waals surface area contributed by atoms with Crippen molar-refractivity contribution in [2.24, 2.45) is 11.1 Å². The molecular weight excluding hydrogens is 272 g/mol. The summed E-state index contributed by atoms with van der Waals surface area (Å²) < 4.78 is 22.3. The van der Waals surface area contributed by atoms with E-state index in [0.29, 0.717) is 5.56 Å². The molecule has 1 aromatic rings. The quantitative estimate of drug-likeness (QED) is 0.639. The molecule has 0 aliphatic carbocycles. The summed E-state index contributed by atoms with van der Waals surface area (Å²) >= 11 is 0. The van der Waals surface area contributed by atoms with Gasteiger partial charge in [0, 0.05) is 6.54 Å². The predicted molar refractivity (Wildman–Crippen MR) is 66.5 cm³/mol. The van der Waals surface area contributed by atoms with Crippen LogP contribution in [-0.4, -0.2) is 25.4 Å². The Morgan fingerprint density at radius 1 is 1.42 bits per heavy atom. The summed E-state index contributed by atoms with van der Waals surface area (Å²) in [7, 11) is -3.80. The van der Waals surface area contributed by atoms with Gasteiger partial charge in [-0.2, -0.15) is 0 Å². The third-order valence-electron chi connectivity index (χ3n) is 2.46. The normalized spacial score (nSPS) is 12.7. The molecule has 0 saturated heterocycles. The summed E-state index contributed by atoms with van der Waals surface area (Å²) in [6.07, 6.45) is 0. The zero-order valence-electron chi connectivity index (χ0n) is 10.2. The van der Waals surface area contributed by atoms with Crippen molar-refractivity contribution in [3.63, 3.8) is 0 Å². The number of carbonyl (C=O) groups excluding carboxylic acids is 1. The highest BCUT2D eigenvalue weighted by molar-refractivity contribution is 7.89. The molecule has 0 bridgehead atoms. The van der Waals surface area contributed by atoms with Crippen molar-refractivity contribution in [1.82, 2.24) is 5.32 Å². The first kappa shape index (κ1) is 15.1. The van der Waals surface area contributed by atoms with Crippen molar-refractivity contribution in [3.8, 4) is 0 Å². The molecule has 1 unspecified atom stereocenters. The zero-order valence-corrected chi connectivity index (χ0v) is 11.0. The van der Waals surface area contributed by atoms with Crippen molar-refractivity contribution < 1.29 is 23.1 Å². The van der Waals surface area contributed by atoms with Crippen molar-refractivity contribution in [2.75, 3.05) is 0 Å². The van der Waals surface area contributed by atoms with Crippen LogP contribution in [0, 0.1) is 5.92 Å². The average Bonchev–Trinajstić information content (AvgIpc) is 2.34. The summed E-state index contributed by atoms with van der Waals surface area (Å²) in [4.78, 5) is 21.9. The maximum Gasteiger partial charge on any atom is 0.315 e. The average molecular weight is 286 g/mol. The van der Waals surface area contributed by atoms with E-state index >= 15 is 0 Å². The molecule has 7 nitrogen and oxygen atoms in total. The van der Waals surface area contributed by atoms with E-state index in [4.69, 9.17) is 10.2 Å². The standard InChI is InChI=1S/C11H14N2O5S/c1-7(11(15)16)10(14)13-6-8-3-2-4-9(5-8)19(12,17)18/h2-5,7H,6H2,1H3,(H,13,14)(H,15,16)(H2,12,17,18). The monoisotopic (exact) mass is 286 g/mol. The summed E-state index contributed by atoms with van der Waals surface area (Å²) in [6, 6.07) is 5.74. The van der Waals surface area contributed by atoms with Gasteiger partial charge in [-0.15, -0.1) is 0 Å². The highest BCUT2D eigenvalue weighted by atomic mass is 32.2. The Balaban J connectivity index is 2.74. The molecule has 0 aromatic heterocycles. The number of hydrogen-bond donors (Lipinski definition) is 3. The lowest BCUT2D eigenvalue weighted by Crippen LogP contribution is -2.33. The number of benzene rings is 1. The number of rotatable bonds is 5. The predicted octanol–water partition coefficient (Wildman–Crippen LogP) is -0.329. The fourth-order valence-electron chi connectivity index (χ4n) is 1.29. The second-order valence-electron chi connectivity index (χ2n) is 3.97. The van der Waals surface area contributed by atoms with Gasteiger partial charge in [0.2, 0.25) is 15.9 Å². The third kappa shape index (κ3) is 4.34. The first-order valence-corrected chi connectivity index (χ1v) is 6.88. The van der Waals surface area contributed by atoms with E-state index in [0.717, 1.165) is 0 Å². The zero-order chi connectivity index (χ0) is 14.6. The molecule has 19 heavy (non-hydrogen) atoms. The van der Waals surface area contributed by atoms with Crippen LogP contribution in [0.4, 0.5) is 0 Å². The van der Waals surface area contributed by atoms with Crippen molar-refractivity contribution in [1.29, 1.82) is 0 Å². The summed E-state index contributed by atoms with van der Waals surface area (Å²) in [5, 5.41) is 16.0. The molecule has 0 radical (unpaired) electrons. The molecule has 104 valence electrons. The van der Waals surface area contributed by atoms with Gasteiger partial charge in [-0.3, -0.25) is 9.59 Å². The molecule has 1 amide bonds. The molecule has 1 atom stereocenters. The SMILES string of the molecule is CC(C(=O)O)C(=O)NCc1cccc(S(N)(=O)=O)c1. The fraction of sp³-hybridized carbons (Fsp3) is 0.273. The first-order chi connectivity index (χ1) is 8.71. The lowest BCUT2D eigenvalue weighted by atomic mass is 10.1.